The second kappa shape index (κ2) is 5.40. The van der Waals surface area contributed by atoms with Crippen LogP contribution in [0.25, 0.3) is 5.69 Å². The summed E-state index contributed by atoms with van der Waals surface area (Å²) in [6.45, 7) is 2.87. The fraction of sp³-hybridized carbons (Fsp3) is 0.312. The summed E-state index contributed by atoms with van der Waals surface area (Å²) in [6, 6.07) is 10.8. The molecular weight excluding hydrogens is 262 g/mol. The predicted molar refractivity (Wildman–Crippen MR) is 77.6 cm³/mol. The van der Waals surface area contributed by atoms with Gasteiger partial charge in [0.2, 0.25) is 0 Å². The number of imidazole rings is 1. The molecule has 0 bridgehead atoms. The van der Waals surface area contributed by atoms with Crippen LogP contribution in [0.3, 0.4) is 0 Å². The lowest BCUT2D eigenvalue weighted by molar-refractivity contribution is 0.687. The molecule has 0 atom stereocenters. The highest BCUT2D eigenvalue weighted by Gasteiger charge is 2.20. The zero-order chi connectivity index (χ0) is 14.8. The normalized spacial score (nSPS) is 13.7. The third-order valence-corrected chi connectivity index (χ3v) is 3.67. The molecular formula is C16H15N5. The van der Waals surface area contributed by atoms with E-state index in [4.69, 9.17) is 5.26 Å². The molecule has 1 aromatic heterocycles. The summed E-state index contributed by atoms with van der Waals surface area (Å²) in [7, 11) is 0. The van der Waals surface area contributed by atoms with Gasteiger partial charge in [0.1, 0.15) is 18.5 Å². The number of nitrogens with one attached hydrogen (secondary N) is 1. The molecule has 104 valence electrons. The highest BCUT2D eigenvalue weighted by Crippen LogP contribution is 2.22. The Balaban J connectivity index is 1.90. The molecule has 1 aliphatic carbocycles. The van der Waals surface area contributed by atoms with Gasteiger partial charge in [0.15, 0.2) is 11.4 Å². The van der Waals surface area contributed by atoms with Crippen LogP contribution >= 0.6 is 0 Å². The third kappa shape index (κ3) is 2.65. The molecule has 1 N–H and O–H groups in total. The average molecular weight is 277 g/mol. The molecule has 5 nitrogen and oxygen atoms in total. The van der Waals surface area contributed by atoms with Gasteiger partial charge in [-0.15, -0.1) is 0 Å². The standard InChI is InChI=1S/C16H15N5/c1-11-6-12(9-19-13-3-4-13)2-5-15(11)21-10-20-14(7-17)16(21)8-18/h2,5-6,10,13,19H,3-4,9H2,1H3. The Morgan fingerprint density at radius 1 is 1.33 bits per heavy atom. The van der Waals surface area contributed by atoms with E-state index in [9.17, 15) is 5.26 Å². The topological polar surface area (TPSA) is 77.4 Å². The van der Waals surface area contributed by atoms with Gasteiger partial charge in [-0.25, -0.2) is 4.98 Å². The Bertz CT molecular complexity index is 756. The van der Waals surface area contributed by atoms with Crippen LogP contribution in [0.1, 0.15) is 35.4 Å². The van der Waals surface area contributed by atoms with Gasteiger partial charge in [0, 0.05) is 12.6 Å². The minimum Gasteiger partial charge on any atom is -0.310 e. The minimum atomic E-state index is 0.163. The lowest BCUT2D eigenvalue weighted by Crippen LogP contribution is -2.15. The van der Waals surface area contributed by atoms with Crippen LogP contribution in [0.4, 0.5) is 0 Å². The first-order valence-corrected chi connectivity index (χ1v) is 6.93. The first kappa shape index (κ1) is 13.4. The summed E-state index contributed by atoms with van der Waals surface area (Å²) >= 11 is 0. The average Bonchev–Trinajstić information content (AvgIpc) is 3.23. The number of benzene rings is 1. The molecule has 0 aliphatic heterocycles. The van der Waals surface area contributed by atoms with Crippen molar-refractivity contribution in [3.05, 3.63) is 47.0 Å². The van der Waals surface area contributed by atoms with Crippen molar-refractivity contribution >= 4 is 0 Å². The monoisotopic (exact) mass is 277 g/mol. The Labute approximate surface area is 123 Å². The van der Waals surface area contributed by atoms with E-state index in [1.807, 2.05) is 31.2 Å². The maximum Gasteiger partial charge on any atom is 0.177 e. The summed E-state index contributed by atoms with van der Waals surface area (Å²) < 4.78 is 1.67. The van der Waals surface area contributed by atoms with E-state index in [2.05, 4.69) is 16.4 Å². The molecule has 21 heavy (non-hydrogen) atoms. The van der Waals surface area contributed by atoms with Crippen molar-refractivity contribution in [3.8, 4) is 17.8 Å². The van der Waals surface area contributed by atoms with E-state index < -0.39 is 0 Å². The molecule has 3 rings (SSSR count). The fourth-order valence-corrected chi connectivity index (χ4v) is 2.37. The first-order chi connectivity index (χ1) is 10.2. The smallest absolute Gasteiger partial charge is 0.177 e. The van der Waals surface area contributed by atoms with Crippen LogP contribution in [0.2, 0.25) is 0 Å². The molecule has 1 saturated carbocycles. The number of nitrogens with zero attached hydrogens (tertiary/aromatic N) is 4. The van der Waals surface area contributed by atoms with Crippen molar-refractivity contribution in [1.82, 2.24) is 14.9 Å². The Morgan fingerprint density at radius 2 is 2.14 bits per heavy atom. The summed E-state index contributed by atoms with van der Waals surface area (Å²) in [5.41, 5.74) is 3.61. The van der Waals surface area contributed by atoms with Crippen molar-refractivity contribution in [2.75, 3.05) is 0 Å². The van der Waals surface area contributed by atoms with E-state index in [1.54, 1.807) is 4.57 Å². The van der Waals surface area contributed by atoms with E-state index in [0.717, 1.165) is 17.8 Å². The molecule has 1 heterocycles. The molecule has 0 radical (unpaired) electrons. The molecule has 5 heteroatoms. The van der Waals surface area contributed by atoms with Gasteiger partial charge in [0.25, 0.3) is 0 Å². The van der Waals surface area contributed by atoms with Crippen molar-refractivity contribution in [1.29, 1.82) is 10.5 Å². The maximum atomic E-state index is 9.21. The van der Waals surface area contributed by atoms with E-state index in [1.165, 1.54) is 24.7 Å². The number of nitriles is 2. The van der Waals surface area contributed by atoms with Crippen molar-refractivity contribution in [3.63, 3.8) is 0 Å². The molecule has 0 spiro atoms. The van der Waals surface area contributed by atoms with E-state index in [0.29, 0.717) is 6.04 Å². The van der Waals surface area contributed by atoms with Crippen molar-refractivity contribution < 1.29 is 0 Å². The van der Waals surface area contributed by atoms with Crippen LogP contribution in [-0.4, -0.2) is 15.6 Å². The van der Waals surface area contributed by atoms with E-state index >= 15 is 0 Å². The lowest BCUT2D eigenvalue weighted by Gasteiger charge is -2.10. The van der Waals surface area contributed by atoms with Crippen LogP contribution in [0.5, 0.6) is 0 Å². The minimum absolute atomic E-state index is 0.163. The third-order valence-electron chi connectivity index (χ3n) is 3.67. The van der Waals surface area contributed by atoms with Gasteiger partial charge in [-0.05, 0) is 37.0 Å². The highest BCUT2D eigenvalue weighted by molar-refractivity contribution is 5.49. The number of aromatic nitrogens is 2. The first-order valence-electron chi connectivity index (χ1n) is 6.93. The van der Waals surface area contributed by atoms with Crippen LogP contribution in [0, 0.1) is 29.6 Å². The Morgan fingerprint density at radius 3 is 2.76 bits per heavy atom. The fourth-order valence-electron chi connectivity index (χ4n) is 2.37. The summed E-state index contributed by atoms with van der Waals surface area (Å²) in [5.74, 6) is 0. The second-order valence-corrected chi connectivity index (χ2v) is 5.31. The summed E-state index contributed by atoms with van der Waals surface area (Å²) in [6.07, 6.45) is 4.07. The number of hydrogen-bond acceptors (Lipinski definition) is 4. The second-order valence-electron chi connectivity index (χ2n) is 5.31. The van der Waals surface area contributed by atoms with Gasteiger partial charge in [-0.1, -0.05) is 12.1 Å². The van der Waals surface area contributed by atoms with Gasteiger partial charge in [0.05, 0.1) is 5.69 Å². The number of rotatable bonds is 4. The molecule has 1 aromatic carbocycles. The number of aryl methyl sites for hydroxylation is 1. The maximum absolute atomic E-state index is 9.21. The zero-order valence-electron chi connectivity index (χ0n) is 11.8. The van der Waals surface area contributed by atoms with Crippen LogP contribution in [-0.2, 0) is 6.54 Å². The molecule has 2 aromatic rings. The quantitative estimate of drug-likeness (QED) is 0.929. The van der Waals surface area contributed by atoms with Crippen LogP contribution < -0.4 is 5.32 Å². The molecule has 1 aliphatic rings. The Kier molecular flexibility index (Phi) is 3.43. The predicted octanol–water partition coefficient (Wildman–Crippen LogP) is 2.18. The van der Waals surface area contributed by atoms with Gasteiger partial charge < -0.3 is 5.32 Å². The highest BCUT2D eigenvalue weighted by atomic mass is 15.1. The largest absolute Gasteiger partial charge is 0.310 e. The molecule has 0 amide bonds. The van der Waals surface area contributed by atoms with Gasteiger partial charge in [-0.2, -0.15) is 10.5 Å². The lowest BCUT2D eigenvalue weighted by atomic mass is 10.1. The van der Waals surface area contributed by atoms with Crippen LogP contribution in [0.15, 0.2) is 24.5 Å². The molecule has 1 fully saturated rings. The SMILES string of the molecule is Cc1cc(CNC2CC2)ccc1-n1cnc(C#N)c1C#N. The summed E-state index contributed by atoms with van der Waals surface area (Å²) in [5, 5.41) is 21.7. The number of hydrogen-bond donors (Lipinski definition) is 1. The van der Waals surface area contributed by atoms with Gasteiger partial charge >= 0.3 is 0 Å². The summed E-state index contributed by atoms with van der Waals surface area (Å²) in [4.78, 5) is 3.98. The van der Waals surface area contributed by atoms with E-state index in [-0.39, 0.29) is 11.4 Å². The Hall–Kier alpha value is -2.63. The molecule has 0 unspecified atom stereocenters. The zero-order valence-corrected chi connectivity index (χ0v) is 11.8. The van der Waals surface area contributed by atoms with Crippen molar-refractivity contribution in [2.45, 2.75) is 32.4 Å². The van der Waals surface area contributed by atoms with Gasteiger partial charge in [-0.3, -0.25) is 4.57 Å². The molecule has 0 saturated heterocycles. The van der Waals surface area contributed by atoms with Crippen molar-refractivity contribution in [2.24, 2.45) is 0 Å².